The standard InChI is InChI=1S/C23H28ClN5O3S2/c1-5-6-7-12-31-16-10-8-15(9-11-16)20-27-28-21(32-20)18-13-17(24)19(33-18)23(2)14-34(4,30)29(3)22(25)26-23/h8-11,13H,4-7,12,14H2,1-3H3,(H2,25,26)/t23-,34?/m0/s1. The smallest absolute Gasteiger partial charge is 0.258 e. The number of ether oxygens (including phenoxy) is 1. The Kier molecular flexibility index (Phi) is 6.93. The predicted molar refractivity (Wildman–Crippen MR) is 140 cm³/mol. The molecule has 3 heterocycles. The van der Waals surface area contributed by atoms with Gasteiger partial charge in [-0.1, -0.05) is 31.4 Å². The number of rotatable bonds is 8. The van der Waals surface area contributed by atoms with E-state index in [1.54, 1.807) is 13.1 Å². The number of guanidine groups is 1. The van der Waals surface area contributed by atoms with Crippen LogP contribution in [0.15, 0.2) is 39.7 Å². The highest BCUT2D eigenvalue weighted by Gasteiger charge is 2.40. The van der Waals surface area contributed by atoms with Crippen LogP contribution in [0.1, 0.15) is 38.0 Å². The van der Waals surface area contributed by atoms with Crippen molar-refractivity contribution in [2.24, 2.45) is 10.7 Å². The lowest BCUT2D eigenvalue weighted by atomic mass is 10.0. The van der Waals surface area contributed by atoms with E-state index in [4.69, 9.17) is 26.5 Å². The summed E-state index contributed by atoms with van der Waals surface area (Å²) in [6, 6.07) is 9.32. The minimum absolute atomic E-state index is 0.164. The molecule has 0 bridgehead atoms. The van der Waals surface area contributed by atoms with Gasteiger partial charge in [0.2, 0.25) is 11.9 Å². The van der Waals surface area contributed by atoms with Gasteiger partial charge < -0.3 is 14.9 Å². The van der Waals surface area contributed by atoms with Gasteiger partial charge in [0.05, 0.1) is 36.8 Å². The topological polar surface area (TPSA) is 107 Å². The number of thiophene rings is 1. The Morgan fingerprint density at radius 3 is 2.68 bits per heavy atom. The number of nitrogens with two attached hydrogens (primary N) is 1. The van der Waals surface area contributed by atoms with E-state index in [1.165, 1.54) is 15.6 Å². The normalized spacial score (nSPS) is 22.6. The second-order valence-corrected chi connectivity index (χ2v) is 12.3. The first-order valence-corrected chi connectivity index (χ1v) is 14.0. The van der Waals surface area contributed by atoms with Gasteiger partial charge in [0.1, 0.15) is 11.3 Å². The fourth-order valence-electron chi connectivity index (χ4n) is 3.69. The van der Waals surface area contributed by atoms with E-state index < -0.39 is 15.2 Å². The first-order chi connectivity index (χ1) is 16.1. The predicted octanol–water partition coefficient (Wildman–Crippen LogP) is 4.79. The van der Waals surface area contributed by atoms with Crippen LogP contribution in [0.2, 0.25) is 5.02 Å². The quantitative estimate of drug-likeness (QED) is 0.337. The summed E-state index contributed by atoms with van der Waals surface area (Å²) in [5, 5.41) is 8.86. The van der Waals surface area contributed by atoms with E-state index >= 15 is 0 Å². The third-order valence-corrected chi connectivity index (χ3v) is 9.60. The monoisotopic (exact) mass is 521 g/mol. The number of nitrogens with zero attached hydrogens (tertiary/aromatic N) is 4. The van der Waals surface area contributed by atoms with Crippen molar-refractivity contribution in [2.45, 2.75) is 38.6 Å². The molecule has 0 amide bonds. The van der Waals surface area contributed by atoms with Gasteiger partial charge in [0, 0.05) is 12.6 Å². The number of halogens is 1. The van der Waals surface area contributed by atoms with Gasteiger partial charge in [-0.3, -0.25) is 4.31 Å². The molecule has 0 radical (unpaired) electrons. The molecular weight excluding hydrogens is 494 g/mol. The number of hydrogen-bond acceptors (Lipinski definition) is 8. The maximum absolute atomic E-state index is 13.0. The van der Waals surface area contributed by atoms with Gasteiger partial charge in [-0.15, -0.1) is 21.5 Å². The van der Waals surface area contributed by atoms with Crippen LogP contribution in [0.4, 0.5) is 0 Å². The molecule has 1 unspecified atom stereocenters. The van der Waals surface area contributed by atoms with Gasteiger partial charge in [-0.2, -0.15) is 0 Å². The average Bonchev–Trinajstić information content (AvgIpc) is 3.43. The third kappa shape index (κ3) is 4.94. The fraction of sp³-hybridized carbons (Fsp3) is 0.391. The number of unbranched alkanes of at least 4 members (excludes halogenated alkanes) is 2. The van der Waals surface area contributed by atoms with E-state index in [9.17, 15) is 4.21 Å². The average molecular weight is 522 g/mol. The molecule has 2 atom stereocenters. The van der Waals surface area contributed by atoms with Crippen molar-refractivity contribution in [3.05, 3.63) is 40.2 Å². The molecule has 0 aliphatic carbocycles. The summed E-state index contributed by atoms with van der Waals surface area (Å²) in [6.45, 7) is 4.72. The molecule has 0 saturated carbocycles. The van der Waals surface area contributed by atoms with Crippen LogP contribution in [0.25, 0.3) is 22.2 Å². The highest BCUT2D eigenvalue weighted by molar-refractivity contribution is 7.98. The van der Waals surface area contributed by atoms with Crippen molar-refractivity contribution in [3.63, 3.8) is 0 Å². The molecule has 8 nitrogen and oxygen atoms in total. The molecule has 182 valence electrons. The molecule has 0 spiro atoms. The highest BCUT2D eigenvalue weighted by Crippen LogP contribution is 2.44. The summed E-state index contributed by atoms with van der Waals surface area (Å²) in [5.41, 5.74) is 5.94. The van der Waals surface area contributed by atoms with Gasteiger partial charge in [0.25, 0.3) is 5.89 Å². The zero-order valence-corrected chi connectivity index (χ0v) is 21.8. The maximum atomic E-state index is 13.0. The molecule has 3 aromatic rings. The van der Waals surface area contributed by atoms with E-state index in [2.05, 4.69) is 28.0 Å². The zero-order valence-electron chi connectivity index (χ0n) is 19.4. The summed E-state index contributed by atoms with van der Waals surface area (Å²) < 4.78 is 26.1. The first kappa shape index (κ1) is 24.6. The van der Waals surface area contributed by atoms with Crippen molar-refractivity contribution in [2.75, 3.05) is 19.4 Å². The number of benzene rings is 1. The van der Waals surface area contributed by atoms with Crippen LogP contribution in [-0.2, 0) is 15.2 Å². The van der Waals surface area contributed by atoms with Gasteiger partial charge in [-0.05, 0) is 49.5 Å². The Hall–Kier alpha value is -2.56. The van der Waals surface area contributed by atoms with Gasteiger partial charge >= 0.3 is 0 Å². The Morgan fingerprint density at radius 1 is 1.29 bits per heavy atom. The lowest BCUT2D eigenvalue weighted by Gasteiger charge is -2.36. The number of aliphatic imine (C=N–C) groups is 1. The van der Waals surface area contributed by atoms with Crippen molar-refractivity contribution in [3.8, 4) is 28.0 Å². The molecule has 4 rings (SSSR count). The van der Waals surface area contributed by atoms with Gasteiger partial charge in [0.15, 0.2) is 0 Å². The summed E-state index contributed by atoms with van der Waals surface area (Å²) in [4.78, 5) is 5.99. The molecule has 11 heteroatoms. The van der Waals surface area contributed by atoms with Crippen molar-refractivity contribution < 1.29 is 13.4 Å². The maximum Gasteiger partial charge on any atom is 0.258 e. The Balaban J connectivity index is 1.55. The minimum Gasteiger partial charge on any atom is -0.494 e. The Bertz CT molecular complexity index is 1300. The van der Waals surface area contributed by atoms with Crippen molar-refractivity contribution in [1.29, 1.82) is 0 Å². The summed E-state index contributed by atoms with van der Waals surface area (Å²) in [7, 11) is -0.994. The lowest BCUT2D eigenvalue weighted by molar-refractivity contribution is 0.306. The summed E-state index contributed by atoms with van der Waals surface area (Å²) in [6.07, 6.45) is 3.35. The molecule has 1 aliphatic rings. The van der Waals surface area contributed by atoms with E-state index in [0.29, 0.717) is 28.3 Å². The SMILES string of the molecule is C=S1(=O)C[C@@](C)(c2sc(-c3nnc(-c4ccc(OCCCCC)cc4)o3)cc2Cl)N=C(N)N1C. The van der Waals surface area contributed by atoms with Gasteiger partial charge in [-0.25, -0.2) is 9.20 Å². The second-order valence-electron chi connectivity index (χ2n) is 8.44. The second kappa shape index (κ2) is 9.59. The zero-order chi connectivity index (χ0) is 24.5. The van der Waals surface area contributed by atoms with E-state index in [-0.39, 0.29) is 11.7 Å². The Labute approximate surface area is 208 Å². The fourth-order valence-corrected chi connectivity index (χ4v) is 7.00. The first-order valence-electron chi connectivity index (χ1n) is 10.9. The highest BCUT2D eigenvalue weighted by atomic mass is 35.5. The number of hydrogen-bond donors (Lipinski definition) is 1. The van der Waals surface area contributed by atoms with Crippen LogP contribution in [0.5, 0.6) is 5.75 Å². The van der Waals surface area contributed by atoms with Crippen LogP contribution >= 0.6 is 22.9 Å². The lowest BCUT2D eigenvalue weighted by Crippen LogP contribution is -2.50. The van der Waals surface area contributed by atoms with Crippen molar-refractivity contribution >= 4 is 44.5 Å². The molecule has 1 aromatic carbocycles. The van der Waals surface area contributed by atoms with E-state index in [0.717, 1.165) is 35.5 Å². The molecule has 34 heavy (non-hydrogen) atoms. The third-order valence-electron chi connectivity index (χ3n) is 5.62. The van der Waals surface area contributed by atoms with Crippen molar-refractivity contribution in [1.82, 2.24) is 14.5 Å². The molecule has 2 N–H and O–H groups in total. The largest absolute Gasteiger partial charge is 0.494 e. The summed E-state index contributed by atoms with van der Waals surface area (Å²) in [5.74, 6) is 5.75. The minimum atomic E-state index is -2.62. The van der Waals surface area contributed by atoms with Crippen LogP contribution in [0.3, 0.4) is 0 Å². The summed E-state index contributed by atoms with van der Waals surface area (Å²) >= 11 is 7.93. The number of aromatic nitrogens is 2. The molecule has 2 aromatic heterocycles. The van der Waals surface area contributed by atoms with Crippen LogP contribution in [-0.4, -0.2) is 49.9 Å². The van der Waals surface area contributed by atoms with E-state index in [1.807, 2.05) is 31.2 Å². The molecule has 0 saturated heterocycles. The van der Waals surface area contributed by atoms with Crippen LogP contribution in [0, 0.1) is 0 Å². The van der Waals surface area contributed by atoms with Crippen LogP contribution < -0.4 is 10.5 Å². The molecular formula is C23H28ClN5O3S2. The molecule has 0 fully saturated rings. The molecule has 1 aliphatic heterocycles. The Morgan fingerprint density at radius 2 is 2.00 bits per heavy atom.